The first kappa shape index (κ1) is 12.8. The highest BCUT2D eigenvalue weighted by Gasteiger charge is 2.32. The van der Waals surface area contributed by atoms with E-state index in [0.717, 1.165) is 49.3 Å². The van der Waals surface area contributed by atoms with Gasteiger partial charge in [0, 0.05) is 38.8 Å². The average Bonchev–Trinajstić information content (AvgIpc) is 3.20. The van der Waals surface area contributed by atoms with Gasteiger partial charge >= 0.3 is 0 Å². The second-order valence-electron chi connectivity index (χ2n) is 5.80. The minimum absolute atomic E-state index is 0.869. The van der Waals surface area contributed by atoms with E-state index in [2.05, 4.69) is 26.5 Å². The number of aryl methyl sites for hydroxylation is 2. The second kappa shape index (κ2) is 5.04. The predicted molar refractivity (Wildman–Crippen MR) is 78.5 cm³/mol. The van der Waals surface area contributed by atoms with Crippen LogP contribution in [0.5, 0.6) is 0 Å². The van der Waals surface area contributed by atoms with Gasteiger partial charge in [-0.3, -0.25) is 4.90 Å². The molecule has 0 bridgehead atoms. The summed E-state index contributed by atoms with van der Waals surface area (Å²) in [6, 6.07) is 0.877. The highest BCUT2D eigenvalue weighted by Crippen LogP contribution is 2.31. The molecule has 0 unspecified atom stereocenters. The van der Waals surface area contributed by atoms with Crippen molar-refractivity contribution in [3.63, 3.8) is 0 Å². The van der Waals surface area contributed by atoms with E-state index in [1.54, 1.807) is 0 Å². The molecule has 19 heavy (non-hydrogen) atoms. The number of nitrogens with two attached hydrogens (primary N) is 1. The Balaban J connectivity index is 1.74. The topological polar surface area (TPSA) is 50.3 Å². The second-order valence-corrected chi connectivity index (χ2v) is 5.80. The van der Waals surface area contributed by atoms with Crippen molar-refractivity contribution in [3.8, 4) is 0 Å². The molecule has 1 aromatic heterocycles. The van der Waals surface area contributed by atoms with Gasteiger partial charge < -0.3 is 10.6 Å². The fourth-order valence-corrected chi connectivity index (χ4v) is 3.02. The normalized spacial score (nSPS) is 21.1. The molecule has 0 atom stereocenters. The van der Waals surface area contributed by atoms with Gasteiger partial charge in [0.2, 0.25) is 0 Å². The van der Waals surface area contributed by atoms with Crippen LogP contribution in [0.2, 0.25) is 0 Å². The molecular weight excluding hydrogens is 238 g/mol. The van der Waals surface area contributed by atoms with E-state index in [0.29, 0.717) is 0 Å². The number of aromatic nitrogens is 2. The van der Waals surface area contributed by atoms with Gasteiger partial charge in [0.25, 0.3) is 0 Å². The molecular formula is C14H25N5. The van der Waals surface area contributed by atoms with Gasteiger partial charge in [0.05, 0.1) is 11.4 Å². The van der Waals surface area contributed by atoms with Crippen LogP contribution in [0.25, 0.3) is 0 Å². The Labute approximate surface area is 115 Å². The highest BCUT2D eigenvalue weighted by atomic mass is 15.4. The molecule has 2 heterocycles. The van der Waals surface area contributed by atoms with Crippen molar-refractivity contribution in [2.75, 3.05) is 36.8 Å². The van der Waals surface area contributed by atoms with Gasteiger partial charge in [-0.05, 0) is 26.2 Å². The van der Waals surface area contributed by atoms with Gasteiger partial charge in [0.1, 0.15) is 0 Å². The van der Waals surface area contributed by atoms with Gasteiger partial charge in [-0.15, -0.1) is 0 Å². The van der Waals surface area contributed by atoms with E-state index < -0.39 is 0 Å². The van der Waals surface area contributed by atoms with Gasteiger partial charge in [-0.25, -0.2) is 4.68 Å². The molecule has 3 rings (SSSR count). The fourth-order valence-electron chi connectivity index (χ4n) is 3.02. The van der Waals surface area contributed by atoms with Crippen LogP contribution in [0.1, 0.15) is 31.9 Å². The van der Waals surface area contributed by atoms with Crippen molar-refractivity contribution >= 4 is 11.5 Å². The maximum Gasteiger partial charge on any atom is 0.150 e. The zero-order chi connectivity index (χ0) is 13.4. The average molecular weight is 263 g/mol. The summed E-state index contributed by atoms with van der Waals surface area (Å²) in [6.45, 7) is 9.63. The zero-order valence-corrected chi connectivity index (χ0v) is 12.1. The molecule has 2 fully saturated rings. The lowest BCUT2D eigenvalue weighted by molar-refractivity contribution is 0.246. The lowest BCUT2D eigenvalue weighted by atomic mass is 10.2. The Hall–Kier alpha value is -1.23. The predicted octanol–water partition coefficient (Wildman–Crippen LogP) is 1.47. The summed E-state index contributed by atoms with van der Waals surface area (Å²) in [5.41, 5.74) is 8.07. The van der Waals surface area contributed by atoms with Crippen LogP contribution in [-0.2, 0) is 6.54 Å². The third-order valence-corrected chi connectivity index (χ3v) is 4.26. The number of rotatable bonds is 4. The Bertz CT molecular complexity index is 441. The molecule has 1 saturated carbocycles. The van der Waals surface area contributed by atoms with Crippen molar-refractivity contribution in [2.24, 2.45) is 0 Å². The third kappa shape index (κ3) is 2.43. The maximum atomic E-state index is 6.23. The molecule has 0 aromatic carbocycles. The van der Waals surface area contributed by atoms with E-state index in [-0.39, 0.29) is 0 Å². The minimum atomic E-state index is 0.869. The Morgan fingerprint density at radius 2 is 1.89 bits per heavy atom. The van der Waals surface area contributed by atoms with E-state index in [1.807, 2.05) is 6.92 Å². The monoisotopic (exact) mass is 263 g/mol. The minimum Gasteiger partial charge on any atom is -0.394 e. The molecule has 1 aliphatic heterocycles. The summed E-state index contributed by atoms with van der Waals surface area (Å²) in [5, 5.41) is 4.58. The van der Waals surface area contributed by atoms with Gasteiger partial charge in [-0.1, -0.05) is 6.92 Å². The molecule has 0 amide bonds. The van der Waals surface area contributed by atoms with Crippen LogP contribution in [0.4, 0.5) is 11.5 Å². The molecule has 5 nitrogen and oxygen atoms in total. The highest BCUT2D eigenvalue weighted by molar-refractivity contribution is 5.66. The quantitative estimate of drug-likeness (QED) is 0.893. The first-order valence-corrected chi connectivity index (χ1v) is 7.52. The maximum absolute atomic E-state index is 6.23. The number of piperazine rings is 1. The van der Waals surface area contributed by atoms with E-state index in [9.17, 15) is 0 Å². The van der Waals surface area contributed by atoms with Crippen LogP contribution in [0.3, 0.4) is 0 Å². The first-order chi connectivity index (χ1) is 9.20. The van der Waals surface area contributed by atoms with Crippen LogP contribution in [0, 0.1) is 6.92 Å². The SMILES string of the molecule is CCCn1nc(C)c(N)c1N1CCN(C2CC2)CC1. The summed E-state index contributed by atoms with van der Waals surface area (Å²) in [4.78, 5) is 5.05. The van der Waals surface area contributed by atoms with E-state index in [4.69, 9.17) is 5.73 Å². The summed E-state index contributed by atoms with van der Waals surface area (Å²) >= 11 is 0. The summed E-state index contributed by atoms with van der Waals surface area (Å²) in [5.74, 6) is 1.15. The molecule has 2 aliphatic rings. The van der Waals surface area contributed by atoms with E-state index in [1.165, 1.54) is 25.9 Å². The third-order valence-electron chi connectivity index (χ3n) is 4.26. The summed E-state index contributed by atoms with van der Waals surface area (Å²) in [6.07, 6.45) is 3.89. The Morgan fingerprint density at radius 1 is 1.21 bits per heavy atom. The molecule has 1 aliphatic carbocycles. The van der Waals surface area contributed by atoms with Gasteiger partial charge in [0.15, 0.2) is 5.82 Å². The van der Waals surface area contributed by atoms with E-state index >= 15 is 0 Å². The van der Waals surface area contributed by atoms with Crippen LogP contribution in [0.15, 0.2) is 0 Å². The Morgan fingerprint density at radius 3 is 2.47 bits per heavy atom. The number of nitrogens with zero attached hydrogens (tertiary/aromatic N) is 4. The largest absolute Gasteiger partial charge is 0.394 e. The molecule has 5 heteroatoms. The van der Waals surface area contributed by atoms with Crippen LogP contribution < -0.4 is 10.6 Å². The first-order valence-electron chi connectivity index (χ1n) is 7.52. The molecule has 0 radical (unpaired) electrons. The van der Waals surface area contributed by atoms with Crippen molar-refractivity contribution in [3.05, 3.63) is 5.69 Å². The Kier molecular flexibility index (Phi) is 3.39. The van der Waals surface area contributed by atoms with Crippen molar-refractivity contribution in [1.82, 2.24) is 14.7 Å². The number of anilines is 2. The lowest BCUT2D eigenvalue weighted by Crippen LogP contribution is -2.48. The standard InChI is InChI=1S/C14H25N5/c1-3-6-19-14(13(15)11(2)16-19)18-9-7-17(8-10-18)12-4-5-12/h12H,3-10,15H2,1-2H3. The van der Waals surface area contributed by atoms with Crippen LogP contribution >= 0.6 is 0 Å². The number of nitrogen functional groups attached to an aromatic ring is 1. The molecule has 2 N–H and O–H groups in total. The summed E-state index contributed by atoms with van der Waals surface area (Å²) in [7, 11) is 0. The molecule has 0 spiro atoms. The fraction of sp³-hybridized carbons (Fsp3) is 0.786. The number of hydrogen-bond acceptors (Lipinski definition) is 4. The van der Waals surface area contributed by atoms with Crippen LogP contribution in [-0.4, -0.2) is 46.9 Å². The zero-order valence-electron chi connectivity index (χ0n) is 12.1. The molecule has 1 aromatic rings. The summed E-state index contributed by atoms with van der Waals surface area (Å²) < 4.78 is 2.09. The molecule has 1 saturated heterocycles. The van der Waals surface area contributed by atoms with Crippen molar-refractivity contribution < 1.29 is 0 Å². The van der Waals surface area contributed by atoms with Crippen molar-refractivity contribution in [1.29, 1.82) is 0 Å². The smallest absolute Gasteiger partial charge is 0.150 e. The lowest BCUT2D eigenvalue weighted by Gasteiger charge is -2.36. The van der Waals surface area contributed by atoms with Crippen molar-refractivity contribution in [2.45, 2.75) is 45.7 Å². The number of hydrogen-bond donors (Lipinski definition) is 1. The van der Waals surface area contributed by atoms with Gasteiger partial charge in [-0.2, -0.15) is 5.10 Å². The molecule has 106 valence electrons.